The molecule has 2 N–H and O–H groups in total. The number of aryl methyl sites for hydroxylation is 1. The molecule has 0 aliphatic carbocycles. The average Bonchev–Trinajstić information content (AvgIpc) is 2.96. The molecular formula is C15H17FN2S3. The topological polar surface area (TPSA) is 24.1 Å². The van der Waals surface area contributed by atoms with Gasteiger partial charge in [-0.3, -0.25) is 0 Å². The first kappa shape index (κ1) is 16.3. The highest BCUT2D eigenvalue weighted by molar-refractivity contribution is 7.98. The monoisotopic (exact) mass is 340 g/mol. The molecule has 0 fully saturated rings. The zero-order chi connectivity index (χ0) is 15.1. The van der Waals surface area contributed by atoms with E-state index in [0.29, 0.717) is 16.4 Å². The highest BCUT2D eigenvalue weighted by Gasteiger charge is 2.01. The maximum Gasteiger partial charge on any atom is 0.170 e. The van der Waals surface area contributed by atoms with Gasteiger partial charge in [-0.25, -0.2) is 4.39 Å². The third kappa shape index (κ3) is 5.65. The van der Waals surface area contributed by atoms with Crippen LogP contribution in [0.1, 0.15) is 11.1 Å². The Labute approximate surface area is 138 Å². The molecule has 0 amide bonds. The summed E-state index contributed by atoms with van der Waals surface area (Å²) in [4.78, 5) is 0. The van der Waals surface area contributed by atoms with Crippen molar-refractivity contribution in [1.82, 2.24) is 5.32 Å². The van der Waals surface area contributed by atoms with Crippen LogP contribution in [0.5, 0.6) is 0 Å². The third-order valence-electron chi connectivity index (χ3n) is 2.81. The lowest BCUT2D eigenvalue weighted by Crippen LogP contribution is -2.30. The molecule has 0 saturated carbocycles. The van der Waals surface area contributed by atoms with Crippen LogP contribution in [-0.4, -0.2) is 17.4 Å². The van der Waals surface area contributed by atoms with Crippen LogP contribution in [0.4, 0.5) is 10.1 Å². The first-order valence-corrected chi connectivity index (χ1v) is 9.05. The Morgan fingerprint density at radius 2 is 2.24 bits per heavy atom. The van der Waals surface area contributed by atoms with Gasteiger partial charge in [0.1, 0.15) is 5.82 Å². The number of benzene rings is 1. The zero-order valence-electron chi connectivity index (χ0n) is 11.7. The number of thiophene rings is 1. The van der Waals surface area contributed by atoms with Crippen LogP contribution in [0.2, 0.25) is 0 Å². The fourth-order valence-corrected chi connectivity index (χ4v) is 3.45. The van der Waals surface area contributed by atoms with E-state index in [1.54, 1.807) is 24.3 Å². The molecule has 0 aliphatic rings. The minimum atomic E-state index is -0.228. The van der Waals surface area contributed by atoms with E-state index < -0.39 is 0 Å². The summed E-state index contributed by atoms with van der Waals surface area (Å²) in [5, 5.41) is 10.9. The molecule has 2 aromatic rings. The average molecular weight is 341 g/mol. The number of rotatable bonds is 6. The van der Waals surface area contributed by atoms with Gasteiger partial charge >= 0.3 is 0 Å². The molecule has 2 nitrogen and oxygen atoms in total. The van der Waals surface area contributed by atoms with Crippen molar-refractivity contribution in [3.05, 3.63) is 52.0 Å². The van der Waals surface area contributed by atoms with Crippen molar-refractivity contribution in [2.45, 2.75) is 12.7 Å². The Balaban J connectivity index is 1.64. The number of thiocarbonyl (C=S) groups is 1. The predicted molar refractivity (Wildman–Crippen MR) is 95.8 cm³/mol. The molecule has 1 aromatic carbocycles. The maximum atomic E-state index is 13.4. The van der Waals surface area contributed by atoms with E-state index in [1.165, 1.54) is 11.6 Å². The summed E-state index contributed by atoms with van der Waals surface area (Å²) >= 11 is 8.77. The molecule has 21 heavy (non-hydrogen) atoms. The second-order valence-corrected chi connectivity index (χ2v) is 6.82. The van der Waals surface area contributed by atoms with Crippen molar-refractivity contribution in [1.29, 1.82) is 0 Å². The molecule has 0 spiro atoms. The number of anilines is 1. The summed E-state index contributed by atoms with van der Waals surface area (Å²) in [5.74, 6) is 1.77. The third-order valence-corrected chi connectivity index (χ3v) is 4.82. The first-order valence-electron chi connectivity index (χ1n) is 6.55. The van der Waals surface area contributed by atoms with Gasteiger partial charge in [-0.15, -0.1) is 0 Å². The molecule has 1 heterocycles. The van der Waals surface area contributed by atoms with E-state index in [9.17, 15) is 4.39 Å². The molecule has 0 atom stereocenters. The zero-order valence-corrected chi connectivity index (χ0v) is 14.1. The minimum absolute atomic E-state index is 0.228. The van der Waals surface area contributed by atoms with E-state index in [0.717, 1.165) is 18.1 Å². The van der Waals surface area contributed by atoms with Gasteiger partial charge in [0.15, 0.2) is 5.11 Å². The Hall–Kier alpha value is -1.11. The fourth-order valence-electron chi connectivity index (χ4n) is 1.65. The molecule has 112 valence electrons. The number of nitrogens with one attached hydrogen (secondary N) is 2. The lowest BCUT2D eigenvalue weighted by molar-refractivity contribution is 0.619. The van der Waals surface area contributed by atoms with Crippen LogP contribution in [0.25, 0.3) is 0 Å². The minimum Gasteiger partial charge on any atom is -0.362 e. The SMILES string of the molecule is Cc1ccc(NC(=S)NCCSCc2ccsc2)cc1F. The van der Waals surface area contributed by atoms with Gasteiger partial charge in [-0.2, -0.15) is 23.1 Å². The molecule has 2 rings (SSSR count). The van der Waals surface area contributed by atoms with Gasteiger partial charge in [-0.1, -0.05) is 6.07 Å². The van der Waals surface area contributed by atoms with Crippen LogP contribution in [-0.2, 0) is 5.75 Å². The molecule has 0 bridgehead atoms. The van der Waals surface area contributed by atoms with Crippen LogP contribution in [0.15, 0.2) is 35.0 Å². The van der Waals surface area contributed by atoms with Crippen LogP contribution < -0.4 is 10.6 Å². The van der Waals surface area contributed by atoms with Gasteiger partial charge in [0.2, 0.25) is 0 Å². The van der Waals surface area contributed by atoms with Gasteiger partial charge in [0.05, 0.1) is 0 Å². The van der Waals surface area contributed by atoms with Gasteiger partial charge in [0.25, 0.3) is 0 Å². The Bertz CT molecular complexity index is 585. The van der Waals surface area contributed by atoms with Gasteiger partial charge < -0.3 is 10.6 Å². The second kappa shape index (κ2) is 8.36. The lowest BCUT2D eigenvalue weighted by atomic mass is 10.2. The summed E-state index contributed by atoms with van der Waals surface area (Å²) in [6.45, 7) is 2.52. The standard InChI is InChI=1S/C15H17FN2S3/c1-11-2-3-13(8-14(11)16)18-15(19)17-5-7-21-10-12-4-6-20-9-12/h2-4,6,8-9H,5,7,10H2,1H3,(H2,17,18,19). The van der Waals surface area contributed by atoms with Crippen molar-refractivity contribution < 1.29 is 4.39 Å². The van der Waals surface area contributed by atoms with Crippen LogP contribution in [0, 0.1) is 12.7 Å². The largest absolute Gasteiger partial charge is 0.362 e. The summed E-state index contributed by atoms with van der Waals surface area (Å²) < 4.78 is 13.4. The van der Waals surface area contributed by atoms with Crippen molar-refractivity contribution in [3.63, 3.8) is 0 Å². The Morgan fingerprint density at radius 1 is 1.38 bits per heavy atom. The first-order chi connectivity index (χ1) is 10.1. The Kier molecular flexibility index (Phi) is 6.48. The molecule has 0 saturated heterocycles. The number of thioether (sulfide) groups is 1. The fraction of sp³-hybridized carbons (Fsp3) is 0.267. The van der Waals surface area contributed by atoms with Crippen molar-refractivity contribution >= 4 is 46.1 Å². The van der Waals surface area contributed by atoms with E-state index in [1.807, 2.05) is 17.8 Å². The van der Waals surface area contributed by atoms with Gasteiger partial charge in [-0.05, 0) is 59.2 Å². The maximum absolute atomic E-state index is 13.4. The Morgan fingerprint density at radius 3 is 2.95 bits per heavy atom. The molecule has 0 aliphatic heterocycles. The quantitative estimate of drug-likeness (QED) is 0.601. The molecule has 6 heteroatoms. The van der Waals surface area contributed by atoms with E-state index in [2.05, 4.69) is 27.5 Å². The molecule has 0 unspecified atom stereocenters. The van der Waals surface area contributed by atoms with Crippen molar-refractivity contribution in [3.8, 4) is 0 Å². The smallest absolute Gasteiger partial charge is 0.170 e. The van der Waals surface area contributed by atoms with Crippen LogP contribution >= 0.6 is 35.3 Å². The van der Waals surface area contributed by atoms with E-state index in [-0.39, 0.29) is 5.82 Å². The lowest BCUT2D eigenvalue weighted by Gasteiger charge is -2.10. The number of hydrogen-bond donors (Lipinski definition) is 2. The van der Waals surface area contributed by atoms with Crippen molar-refractivity contribution in [2.75, 3.05) is 17.6 Å². The van der Waals surface area contributed by atoms with E-state index in [4.69, 9.17) is 12.2 Å². The summed E-state index contributed by atoms with van der Waals surface area (Å²) in [6, 6.07) is 7.15. The summed E-state index contributed by atoms with van der Waals surface area (Å²) in [5.41, 5.74) is 2.66. The van der Waals surface area contributed by atoms with Crippen molar-refractivity contribution in [2.24, 2.45) is 0 Å². The molecular weight excluding hydrogens is 323 g/mol. The number of halogens is 1. The highest BCUT2D eigenvalue weighted by atomic mass is 32.2. The summed E-state index contributed by atoms with van der Waals surface area (Å²) in [6.07, 6.45) is 0. The molecule has 0 radical (unpaired) electrons. The number of hydrogen-bond acceptors (Lipinski definition) is 3. The van der Waals surface area contributed by atoms with Crippen LogP contribution in [0.3, 0.4) is 0 Å². The van der Waals surface area contributed by atoms with E-state index >= 15 is 0 Å². The highest BCUT2D eigenvalue weighted by Crippen LogP contribution is 2.15. The second-order valence-electron chi connectivity index (χ2n) is 4.53. The van der Waals surface area contributed by atoms with Gasteiger partial charge in [0, 0.05) is 23.7 Å². The predicted octanol–water partition coefficient (Wildman–Crippen LogP) is 4.42. The summed E-state index contributed by atoms with van der Waals surface area (Å²) in [7, 11) is 0. The molecule has 1 aromatic heterocycles. The normalized spacial score (nSPS) is 10.4.